The summed E-state index contributed by atoms with van der Waals surface area (Å²) in [7, 11) is 5.38. The number of ether oxygens (including phenoxy) is 3. The second-order valence-corrected chi connectivity index (χ2v) is 15.5. The van der Waals surface area contributed by atoms with Crippen LogP contribution in [0.2, 0.25) is 0 Å². The third kappa shape index (κ3) is 36.4. The van der Waals surface area contributed by atoms with Crippen LogP contribution in [0.5, 0.6) is 0 Å². The van der Waals surface area contributed by atoms with Crippen molar-refractivity contribution >= 4 is 17.9 Å². The molecule has 0 aliphatic rings. The molecule has 0 heterocycles. The van der Waals surface area contributed by atoms with E-state index >= 15 is 0 Å². The monoisotopic (exact) mass is 772 g/mol. The molecule has 0 aromatic heterocycles. The zero-order valence-electron chi connectivity index (χ0n) is 35.8. The van der Waals surface area contributed by atoms with Crippen molar-refractivity contribution in [2.24, 2.45) is 0 Å². The van der Waals surface area contributed by atoms with Crippen LogP contribution < -0.4 is 5.11 Å². The number of carbonyl (C=O) groups is 3. The molecule has 0 amide bonds. The van der Waals surface area contributed by atoms with Crippen molar-refractivity contribution in [3.05, 3.63) is 60.8 Å². The highest BCUT2D eigenvalue weighted by atomic mass is 16.6. The quantitative estimate of drug-likeness (QED) is 0.0266. The standard InChI is InChI=1S/C47H81NO7/c1-6-8-10-12-14-16-17-18-19-20-21-22-23-24-25-26-27-28-30-31-33-35-37-45(49)54-42-43(41-53-40-39-44(47(51)52)48(3,4)5)55-46(50)38-36-34-32-29-15-13-11-9-7-2/h9,11,14-16,18-19,21-22,29,43-44H,6-8,10,12-13,17,20,23-28,30-42H2,1-5H3/b11-9+,16-14+,19-18+,22-21+,29-15+. The summed E-state index contributed by atoms with van der Waals surface area (Å²) in [4.78, 5) is 36.7. The Morgan fingerprint density at radius 3 is 1.55 bits per heavy atom. The maximum atomic E-state index is 12.6. The lowest BCUT2D eigenvalue weighted by Crippen LogP contribution is -2.55. The van der Waals surface area contributed by atoms with Crippen LogP contribution in [-0.4, -0.2) is 75.5 Å². The van der Waals surface area contributed by atoms with Crippen molar-refractivity contribution in [3.63, 3.8) is 0 Å². The highest BCUT2D eigenvalue weighted by Crippen LogP contribution is 2.13. The average Bonchev–Trinajstić information content (AvgIpc) is 3.14. The smallest absolute Gasteiger partial charge is 0.306 e. The van der Waals surface area contributed by atoms with Crippen molar-refractivity contribution in [2.45, 2.75) is 180 Å². The Kier molecular flexibility index (Phi) is 35.9. The molecular formula is C47H81NO7. The van der Waals surface area contributed by atoms with Crippen LogP contribution >= 0.6 is 0 Å². The van der Waals surface area contributed by atoms with Crippen LogP contribution in [-0.2, 0) is 28.6 Å². The number of allylic oxidation sites excluding steroid dienone is 10. The molecule has 0 aliphatic carbocycles. The van der Waals surface area contributed by atoms with Gasteiger partial charge in [-0.3, -0.25) is 9.59 Å². The van der Waals surface area contributed by atoms with Crippen molar-refractivity contribution in [2.75, 3.05) is 41.0 Å². The highest BCUT2D eigenvalue weighted by molar-refractivity contribution is 5.70. The fourth-order valence-corrected chi connectivity index (χ4v) is 6.00. The fourth-order valence-electron chi connectivity index (χ4n) is 6.00. The van der Waals surface area contributed by atoms with Gasteiger partial charge in [-0.25, -0.2) is 0 Å². The molecule has 0 bridgehead atoms. The Hall–Kier alpha value is -2.97. The molecular weight excluding hydrogens is 691 g/mol. The summed E-state index contributed by atoms with van der Waals surface area (Å²) in [6, 6.07) is -0.733. The zero-order chi connectivity index (χ0) is 40.7. The van der Waals surface area contributed by atoms with E-state index < -0.39 is 18.1 Å². The first-order chi connectivity index (χ1) is 26.6. The van der Waals surface area contributed by atoms with Gasteiger partial charge in [-0.1, -0.05) is 132 Å². The van der Waals surface area contributed by atoms with Gasteiger partial charge >= 0.3 is 11.9 Å². The Morgan fingerprint density at radius 1 is 0.564 bits per heavy atom. The molecule has 8 heteroatoms. The van der Waals surface area contributed by atoms with Crippen LogP contribution in [0.15, 0.2) is 60.8 Å². The van der Waals surface area contributed by atoms with Crippen molar-refractivity contribution in [3.8, 4) is 0 Å². The first kappa shape index (κ1) is 52.0. The van der Waals surface area contributed by atoms with Gasteiger partial charge in [0, 0.05) is 19.3 Å². The van der Waals surface area contributed by atoms with Crippen LogP contribution in [0, 0.1) is 0 Å². The minimum absolute atomic E-state index is 0.0236. The second kappa shape index (κ2) is 37.9. The molecule has 0 N–H and O–H groups in total. The van der Waals surface area contributed by atoms with Gasteiger partial charge in [-0.15, -0.1) is 0 Å². The molecule has 0 saturated carbocycles. The first-order valence-corrected chi connectivity index (χ1v) is 21.8. The molecule has 0 aromatic rings. The van der Waals surface area contributed by atoms with Gasteiger partial charge in [-0.05, 0) is 77.0 Å². The molecule has 2 unspecified atom stereocenters. The number of likely N-dealkylation sites (N-methyl/N-ethyl adjacent to an activating group) is 1. The van der Waals surface area contributed by atoms with Crippen LogP contribution in [0.1, 0.15) is 168 Å². The maximum absolute atomic E-state index is 12.6. The SMILES string of the molecule is CC/C=C/C/C=C/CCCCC(=O)OC(COCCC(C(=O)[O-])[N+](C)(C)C)COC(=O)CCCCCCCCCCC/C=C/C/C=C/C/C=C/CCCCC. The molecule has 0 aliphatic heterocycles. The number of carboxylic acid groups (broad SMARTS) is 1. The number of aliphatic carboxylic acids is 1. The number of quaternary nitrogens is 1. The molecule has 0 aromatic carbocycles. The van der Waals surface area contributed by atoms with E-state index in [1.54, 1.807) is 21.1 Å². The molecule has 0 fully saturated rings. The van der Waals surface area contributed by atoms with E-state index in [1.165, 1.54) is 64.2 Å². The van der Waals surface area contributed by atoms with E-state index in [2.05, 4.69) is 74.6 Å². The number of nitrogens with zero attached hydrogens (tertiary/aromatic N) is 1. The van der Waals surface area contributed by atoms with Crippen LogP contribution in [0.25, 0.3) is 0 Å². The summed E-state index contributed by atoms with van der Waals surface area (Å²) in [5.74, 6) is -1.80. The molecule has 0 rings (SSSR count). The van der Waals surface area contributed by atoms with E-state index in [1.807, 2.05) is 0 Å². The summed E-state index contributed by atoms with van der Waals surface area (Å²) in [6.45, 7) is 4.45. The number of unbranched alkanes of at least 4 members (excludes halogenated alkanes) is 14. The Bertz CT molecular complexity index is 1090. The van der Waals surface area contributed by atoms with Gasteiger partial charge < -0.3 is 28.6 Å². The van der Waals surface area contributed by atoms with Crippen molar-refractivity contribution < 1.29 is 38.2 Å². The Morgan fingerprint density at radius 2 is 1.02 bits per heavy atom. The van der Waals surface area contributed by atoms with Gasteiger partial charge in [0.25, 0.3) is 0 Å². The number of carbonyl (C=O) groups excluding carboxylic acids is 3. The van der Waals surface area contributed by atoms with E-state index in [-0.39, 0.29) is 49.1 Å². The molecule has 55 heavy (non-hydrogen) atoms. The number of rotatable bonds is 38. The Labute approximate surface area is 337 Å². The van der Waals surface area contributed by atoms with Gasteiger partial charge in [0.15, 0.2) is 6.10 Å². The summed E-state index contributed by atoms with van der Waals surface area (Å²) in [6.07, 6.45) is 45.5. The number of hydrogen-bond donors (Lipinski definition) is 0. The molecule has 0 radical (unpaired) electrons. The molecule has 0 spiro atoms. The third-order valence-electron chi connectivity index (χ3n) is 9.39. The van der Waals surface area contributed by atoms with E-state index in [0.29, 0.717) is 12.8 Å². The summed E-state index contributed by atoms with van der Waals surface area (Å²) < 4.78 is 17.1. The Balaban J connectivity index is 4.24. The third-order valence-corrected chi connectivity index (χ3v) is 9.39. The van der Waals surface area contributed by atoms with Gasteiger partial charge in [0.1, 0.15) is 12.6 Å². The second-order valence-electron chi connectivity index (χ2n) is 15.5. The van der Waals surface area contributed by atoms with Gasteiger partial charge in [0.05, 0.1) is 40.3 Å². The number of esters is 2. The zero-order valence-corrected chi connectivity index (χ0v) is 35.8. The van der Waals surface area contributed by atoms with Crippen LogP contribution in [0.4, 0.5) is 0 Å². The minimum Gasteiger partial charge on any atom is -0.544 e. The normalized spacial score (nSPS) is 13.5. The van der Waals surface area contributed by atoms with E-state index in [4.69, 9.17) is 14.2 Å². The molecule has 316 valence electrons. The van der Waals surface area contributed by atoms with Crippen molar-refractivity contribution in [1.29, 1.82) is 0 Å². The molecule has 8 nitrogen and oxygen atoms in total. The lowest BCUT2D eigenvalue weighted by Gasteiger charge is -2.34. The minimum atomic E-state index is -1.13. The fraction of sp³-hybridized carbons (Fsp3) is 0.723. The molecule has 2 atom stereocenters. The number of carboxylic acids is 1. The summed E-state index contributed by atoms with van der Waals surface area (Å²) >= 11 is 0. The highest BCUT2D eigenvalue weighted by Gasteiger charge is 2.25. The predicted octanol–water partition coefficient (Wildman–Crippen LogP) is 10.5. The van der Waals surface area contributed by atoms with E-state index in [0.717, 1.165) is 64.2 Å². The lowest BCUT2D eigenvalue weighted by molar-refractivity contribution is -0.889. The van der Waals surface area contributed by atoms with E-state index in [9.17, 15) is 19.5 Å². The van der Waals surface area contributed by atoms with Gasteiger partial charge in [0.2, 0.25) is 0 Å². The van der Waals surface area contributed by atoms with Crippen LogP contribution in [0.3, 0.4) is 0 Å². The number of hydrogen-bond acceptors (Lipinski definition) is 7. The summed E-state index contributed by atoms with van der Waals surface area (Å²) in [5.41, 5.74) is 0. The maximum Gasteiger partial charge on any atom is 0.306 e. The van der Waals surface area contributed by atoms with Gasteiger partial charge in [-0.2, -0.15) is 0 Å². The molecule has 0 saturated heterocycles. The predicted molar refractivity (Wildman–Crippen MR) is 226 cm³/mol. The topological polar surface area (TPSA) is 102 Å². The first-order valence-electron chi connectivity index (χ1n) is 21.8. The average molecular weight is 772 g/mol. The largest absolute Gasteiger partial charge is 0.544 e. The lowest BCUT2D eigenvalue weighted by atomic mass is 10.1. The summed E-state index contributed by atoms with van der Waals surface area (Å²) in [5, 5.41) is 11.6. The van der Waals surface area contributed by atoms with Crippen molar-refractivity contribution in [1.82, 2.24) is 0 Å².